The molecule has 0 saturated heterocycles. The van der Waals surface area contributed by atoms with Gasteiger partial charge in [-0.05, 0) is 65.7 Å². The van der Waals surface area contributed by atoms with Crippen LogP contribution in [-0.2, 0) is 0 Å². The summed E-state index contributed by atoms with van der Waals surface area (Å²) in [6.45, 7) is 0. The molecule has 0 amide bonds. The Morgan fingerprint density at radius 3 is 2.06 bits per heavy atom. The molecule has 4 nitrogen and oxygen atoms in total. The Morgan fingerprint density at radius 1 is 0.500 bits per heavy atom. The van der Waals surface area contributed by atoms with E-state index in [1.54, 1.807) is 0 Å². The Bertz CT molecular complexity index is 3110. The van der Waals surface area contributed by atoms with Crippen LogP contribution in [0.1, 0.15) is 12.5 Å². The SMILES string of the molecule is C1=CCC(n2c3ccccc3c3c4c5ccccc5n(-c5ccc6ccc(-c7nc(-c8ccccc8)c8ccccc8n7)cc6c5)c4ccc32)C=C1. The van der Waals surface area contributed by atoms with Gasteiger partial charge in [-0.25, -0.2) is 9.97 Å². The minimum Gasteiger partial charge on any atom is -0.333 e. The molecule has 0 aliphatic heterocycles. The minimum atomic E-state index is 0.281. The largest absolute Gasteiger partial charge is 0.333 e. The average molecular weight is 665 g/mol. The van der Waals surface area contributed by atoms with E-state index in [1.807, 2.05) is 12.1 Å². The van der Waals surface area contributed by atoms with Crippen molar-refractivity contribution in [2.24, 2.45) is 0 Å². The number of aromatic nitrogens is 4. The third-order valence-corrected chi connectivity index (χ3v) is 10.8. The zero-order valence-corrected chi connectivity index (χ0v) is 28.3. The zero-order chi connectivity index (χ0) is 34.2. The summed E-state index contributed by atoms with van der Waals surface area (Å²) in [4.78, 5) is 10.2. The summed E-state index contributed by atoms with van der Waals surface area (Å²) < 4.78 is 4.97. The molecule has 0 radical (unpaired) electrons. The number of fused-ring (bicyclic) bond motifs is 9. The minimum absolute atomic E-state index is 0.281. The van der Waals surface area contributed by atoms with Crippen LogP contribution in [0.15, 0.2) is 176 Å². The Balaban J connectivity index is 1.12. The van der Waals surface area contributed by atoms with Crippen LogP contribution in [0.5, 0.6) is 0 Å². The van der Waals surface area contributed by atoms with Crippen LogP contribution in [0.3, 0.4) is 0 Å². The first-order chi connectivity index (χ1) is 25.8. The van der Waals surface area contributed by atoms with E-state index in [-0.39, 0.29) is 6.04 Å². The lowest BCUT2D eigenvalue weighted by Gasteiger charge is -2.18. The predicted molar refractivity (Wildman–Crippen MR) is 217 cm³/mol. The maximum Gasteiger partial charge on any atom is 0.160 e. The Kier molecular flexibility index (Phi) is 6.34. The Labute approximate surface area is 300 Å². The van der Waals surface area contributed by atoms with Gasteiger partial charge in [0.05, 0.1) is 33.8 Å². The molecule has 0 saturated carbocycles. The number of hydrogen-bond acceptors (Lipinski definition) is 2. The summed E-state index contributed by atoms with van der Waals surface area (Å²) in [7, 11) is 0. The van der Waals surface area contributed by atoms with Crippen LogP contribution in [0.2, 0.25) is 0 Å². The van der Waals surface area contributed by atoms with Crippen molar-refractivity contribution in [3.8, 4) is 28.3 Å². The van der Waals surface area contributed by atoms with E-state index in [9.17, 15) is 0 Å². The van der Waals surface area contributed by atoms with Gasteiger partial charge >= 0.3 is 0 Å². The van der Waals surface area contributed by atoms with Gasteiger partial charge in [-0.2, -0.15) is 0 Å². The maximum atomic E-state index is 5.17. The summed E-state index contributed by atoms with van der Waals surface area (Å²) in [6.07, 6.45) is 9.92. The summed E-state index contributed by atoms with van der Waals surface area (Å²) >= 11 is 0. The molecule has 0 spiro atoms. The maximum absolute atomic E-state index is 5.17. The van der Waals surface area contributed by atoms with Gasteiger partial charge in [0.15, 0.2) is 5.82 Å². The molecule has 1 aliphatic carbocycles. The highest BCUT2D eigenvalue weighted by Gasteiger charge is 2.22. The van der Waals surface area contributed by atoms with Gasteiger partial charge in [0, 0.05) is 49.3 Å². The third-order valence-electron chi connectivity index (χ3n) is 10.8. The second-order valence-electron chi connectivity index (χ2n) is 13.7. The van der Waals surface area contributed by atoms with Crippen LogP contribution >= 0.6 is 0 Å². The first-order valence-corrected chi connectivity index (χ1v) is 17.9. The summed E-state index contributed by atoms with van der Waals surface area (Å²) in [5.41, 5.74) is 10.0. The molecule has 7 aromatic carbocycles. The van der Waals surface area contributed by atoms with Crippen molar-refractivity contribution in [1.29, 1.82) is 0 Å². The molecule has 0 N–H and O–H groups in total. The lowest BCUT2D eigenvalue weighted by atomic mass is 10.0. The Morgan fingerprint density at radius 2 is 1.21 bits per heavy atom. The van der Waals surface area contributed by atoms with Gasteiger partial charge in [0.2, 0.25) is 0 Å². The lowest BCUT2D eigenvalue weighted by Crippen LogP contribution is -2.06. The van der Waals surface area contributed by atoms with Gasteiger partial charge in [-0.3, -0.25) is 0 Å². The molecule has 3 aromatic heterocycles. The highest BCUT2D eigenvalue weighted by Crippen LogP contribution is 2.43. The fourth-order valence-corrected chi connectivity index (χ4v) is 8.48. The number of para-hydroxylation sites is 3. The standard InChI is InChI=1S/C48H32N4/c1-3-13-32(14-4-1)47-37-17-7-10-20-40(37)49-48(50-47)33-24-23-31-25-26-36(30-34(31)29-33)52-42-22-12-9-19-39(42)46-44(52)28-27-43-45(46)38-18-8-11-21-41(38)51(43)35-15-5-2-6-16-35/h1-15,17-30,35H,16H2. The van der Waals surface area contributed by atoms with Crippen LogP contribution < -0.4 is 0 Å². The molecule has 0 fully saturated rings. The molecule has 1 unspecified atom stereocenters. The van der Waals surface area contributed by atoms with Crippen molar-refractivity contribution >= 4 is 65.3 Å². The van der Waals surface area contributed by atoms with E-state index in [0.717, 1.165) is 51.0 Å². The molecule has 1 atom stereocenters. The van der Waals surface area contributed by atoms with E-state index in [1.165, 1.54) is 49.0 Å². The highest BCUT2D eigenvalue weighted by molar-refractivity contribution is 6.28. The van der Waals surface area contributed by atoms with E-state index >= 15 is 0 Å². The second kappa shape index (κ2) is 11.4. The molecule has 10 aromatic rings. The van der Waals surface area contributed by atoms with Crippen molar-refractivity contribution in [3.63, 3.8) is 0 Å². The van der Waals surface area contributed by atoms with Gasteiger partial charge in [-0.1, -0.05) is 127 Å². The second-order valence-corrected chi connectivity index (χ2v) is 13.7. The van der Waals surface area contributed by atoms with Crippen LogP contribution in [-0.4, -0.2) is 19.1 Å². The van der Waals surface area contributed by atoms with Crippen LogP contribution in [0.25, 0.3) is 93.6 Å². The molecule has 52 heavy (non-hydrogen) atoms. The summed E-state index contributed by atoms with van der Waals surface area (Å²) in [6, 6.07) is 54.7. The van der Waals surface area contributed by atoms with Crippen LogP contribution in [0.4, 0.5) is 0 Å². The molecule has 3 heterocycles. The predicted octanol–water partition coefficient (Wildman–Crippen LogP) is 12.4. The fraction of sp³-hybridized carbons (Fsp3) is 0.0417. The van der Waals surface area contributed by atoms with Gasteiger partial charge in [0.25, 0.3) is 0 Å². The van der Waals surface area contributed by atoms with E-state index < -0.39 is 0 Å². The molecule has 4 heteroatoms. The van der Waals surface area contributed by atoms with E-state index in [2.05, 4.69) is 173 Å². The summed E-state index contributed by atoms with van der Waals surface area (Å²) in [5, 5.41) is 8.55. The van der Waals surface area contributed by atoms with E-state index in [0.29, 0.717) is 0 Å². The molecular formula is C48H32N4. The highest BCUT2D eigenvalue weighted by atomic mass is 15.0. The molecule has 0 bridgehead atoms. The van der Waals surface area contributed by atoms with Gasteiger partial charge in [-0.15, -0.1) is 0 Å². The first-order valence-electron chi connectivity index (χ1n) is 17.9. The monoisotopic (exact) mass is 664 g/mol. The molecule has 1 aliphatic rings. The third kappa shape index (κ3) is 4.34. The van der Waals surface area contributed by atoms with Crippen molar-refractivity contribution < 1.29 is 0 Å². The smallest absolute Gasteiger partial charge is 0.160 e. The molecule has 244 valence electrons. The number of hydrogen-bond donors (Lipinski definition) is 0. The normalized spacial score (nSPS) is 14.5. The van der Waals surface area contributed by atoms with Crippen molar-refractivity contribution in [1.82, 2.24) is 19.1 Å². The van der Waals surface area contributed by atoms with Crippen molar-refractivity contribution in [2.75, 3.05) is 0 Å². The molecular weight excluding hydrogens is 633 g/mol. The number of rotatable bonds is 4. The van der Waals surface area contributed by atoms with Crippen LogP contribution in [0, 0.1) is 0 Å². The van der Waals surface area contributed by atoms with Crippen molar-refractivity contribution in [3.05, 3.63) is 176 Å². The van der Waals surface area contributed by atoms with Gasteiger partial charge in [0.1, 0.15) is 0 Å². The zero-order valence-electron chi connectivity index (χ0n) is 28.3. The number of nitrogens with zero attached hydrogens (tertiary/aromatic N) is 4. The average Bonchev–Trinajstić information content (AvgIpc) is 3.73. The van der Waals surface area contributed by atoms with Gasteiger partial charge < -0.3 is 9.13 Å². The number of allylic oxidation sites excluding steroid dienone is 4. The topological polar surface area (TPSA) is 35.6 Å². The molecule has 11 rings (SSSR count). The first kappa shape index (κ1) is 29.0. The lowest BCUT2D eigenvalue weighted by molar-refractivity contribution is 0.648. The fourth-order valence-electron chi connectivity index (χ4n) is 8.48. The van der Waals surface area contributed by atoms with E-state index in [4.69, 9.17) is 9.97 Å². The quantitative estimate of drug-likeness (QED) is 0.188. The summed E-state index contributed by atoms with van der Waals surface area (Å²) in [5.74, 6) is 0.726. The Hall–Kier alpha value is -6.78. The number of benzene rings is 7. The van der Waals surface area contributed by atoms with Crippen molar-refractivity contribution in [2.45, 2.75) is 12.5 Å².